The summed E-state index contributed by atoms with van der Waals surface area (Å²) in [6.07, 6.45) is 1.40. The molecule has 0 unspecified atom stereocenters. The Morgan fingerprint density at radius 3 is 2.47 bits per heavy atom. The Labute approximate surface area is 183 Å². The zero-order chi connectivity index (χ0) is 21.3. The summed E-state index contributed by atoms with van der Waals surface area (Å²) in [6.45, 7) is -0.246. The molecule has 0 atom stereocenters. The quantitative estimate of drug-likeness (QED) is 0.409. The van der Waals surface area contributed by atoms with Crippen molar-refractivity contribution in [2.75, 3.05) is 11.9 Å². The lowest BCUT2D eigenvalue weighted by Crippen LogP contribution is -2.21. The maximum Gasteiger partial charge on any atom is 0.271 e. The number of nitrogens with one attached hydrogen (secondary N) is 2. The summed E-state index contributed by atoms with van der Waals surface area (Å²) in [5, 5.41) is 7.51. The number of anilines is 1. The number of hydrogen-bond donors (Lipinski definition) is 2. The molecule has 3 rings (SSSR count). The minimum atomic E-state index is -0.377. The summed E-state index contributed by atoms with van der Waals surface area (Å²) in [4.78, 5) is 24.2. The summed E-state index contributed by atoms with van der Waals surface area (Å²) in [7, 11) is 0. The number of nitrogens with zero attached hydrogens (tertiary/aromatic N) is 1. The minimum absolute atomic E-state index is 0.246. The molecule has 30 heavy (non-hydrogen) atoms. The van der Waals surface area contributed by atoms with Gasteiger partial charge in [0.25, 0.3) is 11.8 Å². The van der Waals surface area contributed by atoms with E-state index in [-0.39, 0.29) is 18.4 Å². The Kier molecular flexibility index (Phi) is 7.43. The maximum atomic E-state index is 12.2. The van der Waals surface area contributed by atoms with Crippen molar-refractivity contribution in [1.29, 1.82) is 0 Å². The molecule has 0 aromatic heterocycles. The first-order valence-corrected chi connectivity index (χ1v) is 9.64. The van der Waals surface area contributed by atoms with E-state index in [0.717, 1.165) is 0 Å². The smallest absolute Gasteiger partial charge is 0.271 e. The zero-order valence-electron chi connectivity index (χ0n) is 15.6. The predicted octanol–water partition coefficient (Wildman–Crippen LogP) is 4.77. The van der Waals surface area contributed by atoms with Crippen molar-refractivity contribution >= 4 is 46.9 Å². The highest BCUT2D eigenvalue weighted by Crippen LogP contribution is 2.22. The van der Waals surface area contributed by atoms with Gasteiger partial charge in [-0.2, -0.15) is 5.10 Å². The van der Waals surface area contributed by atoms with Gasteiger partial charge in [-0.3, -0.25) is 9.59 Å². The molecule has 0 aliphatic rings. The summed E-state index contributed by atoms with van der Waals surface area (Å²) < 4.78 is 5.59. The van der Waals surface area contributed by atoms with Crippen molar-refractivity contribution in [3.63, 3.8) is 0 Å². The highest BCUT2D eigenvalue weighted by atomic mass is 35.5. The molecule has 2 amide bonds. The van der Waals surface area contributed by atoms with Crippen LogP contribution in [0.4, 0.5) is 5.69 Å². The number of ether oxygens (including phenoxy) is 1. The van der Waals surface area contributed by atoms with Crippen LogP contribution in [0.2, 0.25) is 10.0 Å². The van der Waals surface area contributed by atoms with Gasteiger partial charge >= 0.3 is 0 Å². The number of benzene rings is 3. The first kappa shape index (κ1) is 21.4. The molecule has 8 heteroatoms. The summed E-state index contributed by atoms with van der Waals surface area (Å²) in [5.74, 6) is -0.347. The molecule has 0 aliphatic heterocycles. The van der Waals surface area contributed by atoms with E-state index < -0.39 is 0 Å². The highest BCUT2D eigenvalue weighted by Gasteiger charge is 2.09. The van der Waals surface area contributed by atoms with E-state index in [9.17, 15) is 9.59 Å². The van der Waals surface area contributed by atoms with Crippen LogP contribution in [0, 0.1) is 0 Å². The summed E-state index contributed by atoms with van der Waals surface area (Å²) in [6, 6.07) is 20.4. The number of amides is 2. The predicted molar refractivity (Wildman–Crippen MR) is 119 cm³/mol. The van der Waals surface area contributed by atoms with Crippen LogP contribution in [-0.2, 0) is 4.79 Å². The average molecular weight is 442 g/mol. The molecule has 0 saturated carbocycles. The van der Waals surface area contributed by atoms with Crippen LogP contribution in [0.15, 0.2) is 77.9 Å². The van der Waals surface area contributed by atoms with Gasteiger partial charge < -0.3 is 10.1 Å². The third-order valence-electron chi connectivity index (χ3n) is 3.88. The number of rotatable bonds is 7. The van der Waals surface area contributed by atoms with Crippen LogP contribution in [0.3, 0.4) is 0 Å². The molecular formula is C22H17Cl2N3O3. The van der Waals surface area contributed by atoms with Crippen molar-refractivity contribution in [2.45, 2.75) is 0 Å². The first-order valence-electron chi connectivity index (χ1n) is 8.88. The van der Waals surface area contributed by atoms with Crippen molar-refractivity contribution in [3.8, 4) is 5.75 Å². The van der Waals surface area contributed by atoms with Gasteiger partial charge in [0.15, 0.2) is 6.61 Å². The van der Waals surface area contributed by atoms with Crippen molar-refractivity contribution < 1.29 is 14.3 Å². The molecule has 0 aliphatic carbocycles. The molecular weight excluding hydrogens is 425 g/mol. The standard InChI is InChI=1S/C22H17Cl2N3O3/c23-17-10-11-20(30-14-21(28)26-19-9-5-4-8-18(19)24)16(12-17)13-25-27-22(29)15-6-2-1-3-7-15/h1-13H,14H2,(H,26,28)(H,27,29)/b25-13+. The second kappa shape index (κ2) is 10.4. The summed E-state index contributed by atoms with van der Waals surface area (Å²) in [5.41, 5.74) is 3.91. The fourth-order valence-electron chi connectivity index (χ4n) is 2.46. The van der Waals surface area contributed by atoms with Gasteiger partial charge in [0.05, 0.1) is 16.9 Å². The number of carbonyl (C=O) groups excluding carboxylic acids is 2. The summed E-state index contributed by atoms with van der Waals surface area (Å²) >= 11 is 12.1. The Morgan fingerprint density at radius 1 is 0.967 bits per heavy atom. The second-order valence-electron chi connectivity index (χ2n) is 6.06. The first-order chi connectivity index (χ1) is 14.5. The number of hydrazone groups is 1. The van der Waals surface area contributed by atoms with Gasteiger partial charge in [-0.1, -0.05) is 53.5 Å². The van der Waals surface area contributed by atoms with Crippen molar-refractivity contribution in [1.82, 2.24) is 5.43 Å². The van der Waals surface area contributed by atoms with E-state index in [2.05, 4.69) is 15.8 Å². The Balaban J connectivity index is 1.62. The highest BCUT2D eigenvalue weighted by molar-refractivity contribution is 6.33. The van der Waals surface area contributed by atoms with E-state index >= 15 is 0 Å². The molecule has 0 bridgehead atoms. The topological polar surface area (TPSA) is 79.8 Å². The maximum absolute atomic E-state index is 12.2. The van der Waals surface area contributed by atoms with Gasteiger partial charge in [-0.25, -0.2) is 5.43 Å². The minimum Gasteiger partial charge on any atom is -0.483 e. The third kappa shape index (κ3) is 6.07. The van der Waals surface area contributed by atoms with Crippen LogP contribution in [0.1, 0.15) is 15.9 Å². The van der Waals surface area contributed by atoms with Crippen LogP contribution in [-0.4, -0.2) is 24.6 Å². The van der Waals surface area contributed by atoms with Gasteiger partial charge in [-0.15, -0.1) is 0 Å². The third-order valence-corrected chi connectivity index (χ3v) is 4.45. The largest absolute Gasteiger partial charge is 0.483 e. The molecule has 3 aromatic rings. The average Bonchev–Trinajstić information content (AvgIpc) is 2.75. The Bertz CT molecular complexity index is 1070. The molecule has 3 aromatic carbocycles. The van der Waals surface area contributed by atoms with Gasteiger partial charge in [-0.05, 0) is 42.5 Å². The molecule has 0 spiro atoms. The second-order valence-corrected chi connectivity index (χ2v) is 6.91. The fourth-order valence-corrected chi connectivity index (χ4v) is 2.82. The number of halogens is 2. The van der Waals surface area contributed by atoms with E-state index in [4.69, 9.17) is 27.9 Å². The lowest BCUT2D eigenvalue weighted by molar-refractivity contribution is -0.118. The van der Waals surface area contributed by atoms with E-state index in [1.165, 1.54) is 6.21 Å². The lowest BCUT2D eigenvalue weighted by atomic mass is 10.2. The zero-order valence-corrected chi connectivity index (χ0v) is 17.2. The molecule has 2 N–H and O–H groups in total. The molecule has 152 valence electrons. The van der Waals surface area contributed by atoms with Crippen LogP contribution in [0.25, 0.3) is 0 Å². The lowest BCUT2D eigenvalue weighted by Gasteiger charge is -2.10. The van der Waals surface area contributed by atoms with E-state index in [1.807, 2.05) is 6.07 Å². The van der Waals surface area contributed by atoms with Crippen molar-refractivity contribution in [2.24, 2.45) is 5.10 Å². The van der Waals surface area contributed by atoms with Crippen LogP contribution >= 0.6 is 23.2 Å². The molecule has 0 radical (unpaired) electrons. The molecule has 0 fully saturated rings. The number of hydrogen-bond acceptors (Lipinski definition) is 4. The molecule has 0 heterocycles. The van der Waals surface area contributed by atoms with E-state index in [0.29, 0.717) is 32.6 Å². The van der Waals surface area contributed by atoms with Gasteiger partial charge in [0.1, 0.15) is 5.75 Å². The SMILES string of the molecule is O=C(COc1ccc(Cl)cc1/C=N/NC(=O)c1ccccc1)Nc1ccccc1Cl. The Morgan fingerprint density at radius 2 is 1.70 bits per heavy atom. The number of para-hydroxylation sites is 1. The molecule has 0 saturated heterocycles. The monoisotopic (exact) mass is 441 g/mol. The van der Waals surface area contributed by atoms with Gasteiger partial charge in [0, 0.05) is 16.1 Å². The molecule has 6 nitrogen and oxygen atoms in total. The Hall–Kier alpha value is -3.35. The fraction of sp³-hybridized carbons (Fsp3) is 0.0455. The van der Waals surface area contributed by atoms with Crippen LogP contribution < -0.4 is 15.5 Å². The van der Waals surface area contributed by atoms with Crippen LogP contribution in [0.5, 0.6) is 5.75 Å². The number of carbonyl (C=O) groups is 2. The normalized spacial score (nSPS) is 10.6. The van der Waals surface area contributed by atoms with Gasteiger partial charge in [0.2, 0.25) is 0 Å². The van der Waals surface area contributed by atoms with E-state index in [1.54, 1.807) is 66.7 Å². The van der Waals surface area contributed by atoms with Crippen molar-refractivity contribution in [3.05, 3.63) is 94.0 Å².